The summed E-state index contributed by atoms with van der Waals surface area (Å²) in [6, 6.07) is 5.24. The molecule has 100 valence electrons. The summed E-state index contributed by atoms with van der Waals surface area (Å²) in [6.45, 7) is 10.0. The fraction of sp³-hybridized carbons (Fsp3) is 0.600. The van der Waals surface area contributed by atoms with Gasteiger partial charge in [0.25, 0.3) is 0 Å². The van der Waals surface area contributed by atoms with Gasteiger partial charge in [-0.1, -0.05) is 17.7 Å². The van der Waals surface area contributed by atoms with Gasteiger partial charge in [0.1, 0.15) is 0 Å². The lowest BCUT2D eigenvalue weighted by atomic mass is 10.1. The van der Waals surface area contributed by atoms with Crippen LogP contribution in [0.2, 0.25) is 0 Å². The number of aryl methyl sites for hydroxylation is 3. The van der Waals surface area contributed by atoms with Gasteiger partial charge in [-0.2, -0.15) is 0 Å². The van der Waals surface area contributed by atoms with E-state index in [0.29, 0.717) is 6.04 Å². The van der Waals surface area contributed by atoms with Gasteiger partial charge in [-0.05, 0) is 38.9 Å². The van der Waals surface area contributed by atoms with E-state index in [1.54, 1.807) is 0 Å². The molecule has 0 bridgehead atoms. The van der Waals surface area contributed by atoms with Crippen LogP contribution in [0.4, 0.5) is 0 Å². The smallest absolute Gasteiger partial charge is 0.0312 e. The summed E-state index contributed by atoms with van der Waals surface area (Å²) >= 11 is 2.01. The van der Waals surface area contributed by atoms with Crippen molar-refractivity contribution in [1.29, 1.82) is 0 Å². The van der Waals surface area contributed by atoms with Crippen molar-refractivity contribution in [3.05, 3.63) is 28.8 Å². The molecular weight excluding hydrogens is 240 g/mol. The Kier molecular flexibility index (Phi) is 4.71. The number of nitrogens with one attached hydrogen (secondary N) is 1. The van der Waals surface area contributed by atoms with Gasteiger partial charge >= 0.3 is 0 Å². The Hall–Kier alpha value is -0.510. The number of likely N-dealkylation sites (N-methyl/N-ethyl adjacent to an activating group) is 1. The van der Waals surface area contributed by atoms with Crippen LogP contribution in [0.3, 0.4) is 0 Å². The Morgan fingerprint density at radius 1 is 1.28 bits per heavy atom. The molecule has 2 rings (SSSR count). The van der Waals surface area contributed by atoms with E-state index in [2.05, 4.69) is 50.2 Å². The SMILES string of the molecule is Cc1cc(C)c(SCC2CNCCN2C)c(C)c1. The normalized spacial score (nSPS) is 21.2. The third kappa shape index (κ3) is 3.28. The number of hydrogen-bond donors (Lipinski definition) is 1. The van der Waals surface area contributed by atoms with Crippen molar-refractivity contribution in [3.63, 3.8) is 0 Å². The Bertz CT molecular complexity index is 394. The Balaban J connectivity index is 2.01. The van der Waals surface area contributed by atoms with Crippen LogP contribution in [-0.2, 0) is 0 Å². The molecule has 0 amide bonds. The lowest BCUT2D eigenvalue weighted by molar-refractivity contribution is 0.218. The second-order valence-corrected chi connectivity index (χ2v) is 6.41. The summed E-state index contributed by atoms with van der Waals surface area (Å²) in [5.74, 6) is 1.17. The molecular formula is C15H24N2S. The number of hydrogen-bond acceptors (Lipinski definition) is 3. The molecule has 0 spiro atoms. The predicted molar refractivity (Wildman–Crippen MR) is 80.7 cm³/mol. The van der Waals surface area contributed by atoms with Crippen LogP contribution < -0.4 is 5.32 Å². The van der Waals surface area contributed by atoms with Crippen molar-refractivity contribution in [2.24, 2.45) is 0 Å². The largest absolute Gasteiger partial charge is 0.314 e. The zero-order chi connectivity index (χ0) is 13.1. The first kappa shape index (κ1) is 13.9. The first-order chi connectivity index (χ1) is 8.58. The van der Waals surface area contributed by atoms with Gasteiger partial charge in [0, 0.05) is 36.3 Å². The molecule has 0 aliphatic carbocycles. The molecule has 0 saturated carbocycles. The van der Waals surface area contributed by atoms with Gasteiger partial charge in [0.05, 0.1) is 0 Å². The highest BCUT2D eigenvalue weighted by Crippen LogP contribution is 2.28. The lowest BCUT2D eigenvalue weighted by Gasteiger charge is -2.33. The van der Waals surface area contributed by atoms with Gasteiger partial charge in [-0.3, -0.25) is 0 Å². The second-order valence-electron chi connectivity index (χ2n) is 5.38. The third-order valence-corrected chi connectivity index (χ3v) is 5.15. The summed E-state index contributed by atoms with van der Waals surface area (Å²) in [5.41, 5.74) is 4.21. The zero-order valence-electron chi connectivity index (χ0n) is 11.9. The van der Waals surface area contributed by atoms with E-state index in [9.17, 15) is 0 Å². The highest BCUT2D eigenvalue weighted by Gasteiger charge is 2.19. The second kappa shape index (κ2) is 6.09. The first-order valence-corrected chi connectivity index (χ1v) is 7.68. The van der Waals surface area contributed by atoms with Crippen LogP contribution >= 0.6 is 11.8 Å². The average molecular weight is 264 g/mol. The molecule has 1 aliphatic rings. The van der Waals surface area contributed by atoms with Gasteiger partial charge in [-0.25, -0.2) is 0 Å². The van der Waals surface area contributed by atoms with Gasteiger partial charge < -0.3 is 10.2 Å². The van der Waals surface area contributed by atoms with Gasteiger partial charge in [-0.15, -0.1) is 11.8 Å². The Labute approximate surface area is 115 Å². The van der Waals surface area contributed by atoms with E-state index >= 15 is 0 Å². The van der Waals surface area contributed by atoms with Crippen molar-refractivity contribution >= 4 is 11.8 Å². The summed E-state index contributed by atoms with van der Waals surface area (Å²) in [7, 11) is 2.24. The van der Waals surface area contributed by atoms with E-state index in [-0.39, 0.29) is 0 Å². The fourth-order valence-electron chi connectivity index (χ4n) is 2.62. The minimum absolute atomic E-state index is 0.656. The quantitative estimate of drug-likeness (QED) is 0.845. The molecule has 0 radical (unpaired) electrons. The van der Waals surface area contributed by atoms with Crippen LogP contribution in [0.5, 0.6) is 0 Å². The van der Waals surface area contributed by atoms with Crippen molar-refractivity contribution in [2.75, 3.05) is 32.4 Å². The maximum absolute atomic E-state index is 3.48. The predicted octanol–water partition coefficient (Wildman–Crippen LogP) is 2.61. The fourth-order valence-corrected chi connectivity index (χ4v) is 3.93. The van der Waals surface area contributed by atoms with Crippen LogP contribution in [0.1, 0.15) is 16.7 Å². The monoisotopic (exact) mass is 264 g/mol. The van der Waals surface area contributed by atoms with Crippen molar-refractivity contribution < 1.29 is 0 Å². The third-order valence-electron chi connectivity index (χ3n) is 3.67. The molecule has 1 aromatic rings. The van der Waals surface area contributed by atoms with E-state index in [1.807, 2.05) is 11.8 Å². The Morgan fingerprint density at radius 3 is 2.56 bits per heavy atom. The standard InChI is InChI=1S/C15H24N2S/c1-11-7-12(2)15(13(3)8-11)18-10-14-9-16-5-6-17(14)4/h7-8,14,16H,5-6,9-10H2,1-4H3. The van der Waals surface area contributed by atoms with E-state index < -0.39 is 0 Å². The van der Waals surface area contributed by atoms with Crippen LogP contribution in [0.15, 0.2) is 17.0 Å². The maximum Gasteiger partial charge on any atom is 0.0312 e. The molecule has 18 heavy (non-hydrogen) atoms. The van der Waals surface area contributed by atoms with E-state index in [1.165, 1.54) is 27.3 Å². The summed E-state index contributed by atoms with van der Waals surface area (Å²) in [6.07, 6.45) is 0. The molecule has 2 nitrogen and oxygen atoms in total. The minimum atomic E-state index is 0.656. The van der Waals surface area contributed by atoms with Crippen LogP contribution in [0.25, 0.3) is 0 Å². The molecule has 1 atom stereocenters. The molecule has 1 fully saturated rings. The molecule has 1 aliphatic heterocycles. The Morgan fingerprint density at radius 2 is 1.94 bits per heavy atom. The zero-order valence-corrected chi connectivity index (χ0v) is 12.7. The molecule has 3 heteroatoms. The van der Waals surface area contributed by atoms with E-state index in [0.717, 1.165) is 19.6 Å². The van der Waals surface area contributed by atoms with Gasteiger partial charge in [0.15, 0.2) is 0 Å². The molecule has 1 heterocycles. The molecule has 0 aromatic heterocycles. The van der Waals surface area contributed by atoms with Crippen LogP contribution in [-0.4, -0.2) is 43.4 Å². The summed E-state index contributed by atoms with van der Waals surface area (Å²) in [5, 5.41) is 3.48. The molecule has 1 N–H and O–H groups in total. The minimum Gasteiger partial charge on any atom is -0.314 e. The number of thioether (sulfide) groups is 1. The van der Waals surface area contributed by atoms with Crippen molar-refractivity contribution in [3.8, 4) is 0 Å². The van der Waals surface area contributed by atoms with Crippen molar-refractivity contribution in [1.82, 2.24) is 10.2 Å². The van der Waals surface area contributed by atoms with Gasteiger partial charge in [0.2, 0.25) is 0 Å². The highest BCUT2D eigenvalue weighted by atomic mass is 32.2. The highest BCUT2D eigenvalue weighted by molar-refractivity contribution is 7.99. The van der Waals surface area contributed by atoms with E-state index in [4.69, 9.17) is 0 Å². The first-order valence-electron chi connectivity index (χ1n) is 6.69. The molecule has 1 unspecified atom stereocenters. The molecule has 1 saturated heterocycles. The van der Waals surface area contributed by atoms with Crippen molar-refractivity contribution in [2.45, 2.75) is 31.7 Å². The summed E-state index contributed by atoms with van der Waals surface area (Å²) < 4.78 is 0. The average Bonchev–Trinajstić information content (AvgIpc) is 2.30. The number of piperazine rings is 1. The topological polar surface area (TPSA) is 15.3 Å². The lowest BCUT2D eigenvalue weighted by Crippen LogP contribution is -2.50. The number of rotatable bonds is 3. The maximum atomic E-state index is 3.48. The molecule has 1 aromatic carbocycles. The number of benzene rings is 1. The van der Waals surface area contributed by atoms with Crippen LogP contribution in [0, 0.1) is 20.8 Å². The summed E-state index contributed by atoms with van der Waals surface area (Å²) in [4.78, 5) is 3.95. The number of nitrogens with zero attached hydrogens (tertiary/aromatic N) is 1.